The van der Waals surface area contributed by atoms with Crippen LogP contribution in [0.2, 0.25) is 0 Å². The molecule has 0 spiro atoms. The first-order valence-electron chi connectivity index (χ1n) is 10.1. The summed E-state index contributed by atoms with van der Waals surface area (Å²) in [5, 5.41) is -0.0428. The monoisotopic (exact) mass is 486 g/mol. The summed E-state index contributed by atoms with van der Waals surface area (Å²) >= 11 is 9.83. The molecule has 4 atom stereocenters. The Bertz CT molecular complexity index is 1070. The van der Waals surface area contributed by atoms with Gasteiger partial charge in [-0.1, -0.05) is 34.1 Å². The Morgan fingerprint density at radius 2 is 1.90 bits per heavy atom. The van der Waals surface area contributed by atoms with Crippen molar-refractivity contribution in [1.29, 1.82) is 0 Å². The van der Waals surface area contributed by atoms with Crippen molar-refractivity contribution >= 4 is 45.0 Å². The lowest BCUT2D eigenvalue weighted by Gasteiger charge is -2.37. The predicted octanol–water partition coefficient (Wildman–Crippen LogP) is 4.87. The standard InChI is InChI=1S/C23H20BrClN2O3/c1-12-3-2-4-18(26-12)27-20(13-5-7-14(24)8-6-13)19-21(28)16-11-15(25)9-10-17(16)30-22(19)23(27)29/h2-8,15-17,20H,9-11H2,1H3. The van der Waals surface area contributed by atoms with Gasteiger partial charge in [-0.3, -0.25) is 14.5 Å². The van der Waals surface area contributed by atoms with E-state index < -0.39 is 6.04 Å². The number of nitrogens with zero attached hydrogens (tertiary/aromatic N) is 2. The molecule has 2 aliphatic heterocycles. The van der Waals surface area contributed by atoms with Gasteiger partial charge in [0.2, 0.25) is 0 Å². The summed E-state index contributed by atoms with van der Waals surface area (Å²) in [6.45, 7) is 1.88. The van der Waals surface area contributed by atoms with Gasteiger partial charge in [0.05, 0.1) is 17.5 Å². The van der Waals surface area contributed by atoms with Crippen LogP contribution in [0.25, 0.3) is 0 Å². The lowest BCUT2D eigenvalue weighted by Crippen LogP contribution is -2.41. The summed E-state index contributed by atoms with van der Waals surface area (Å²) in [7, 11) is 0. The maximum Gasteiger partial charge on any atom is 0.295 e. The molecule has 3 aliphatic rings. The second kappa shape index (κ2) is 7.50. The summed E-state index contributed by atoms with van der Waals surface area (Å²) in [6, 6.07) is 12.6. The zero-order chi connectivity index (χ0) is 21.0. The van der Waals surface area contributed by atoms with E-state index in [9.17, 15) is 9.59 Å². The first-order chi connectivity index (χ1) is 14.4. The van der Waals surface area contributed by atoms with E-state index in [2.05, 4.69) is 20.9 Å². The Morgan fingerprint density at radius 3 is 2.63 bits per heavy atom. The zero-order valence-electron chi connectivity index (χ0n) is 16.3. The summed E-state index contributed by atoms with van der Waals surface area (Å²) in [5.41, 5.74) is 2.07. The Hall–Kier alpha value is -2.18. The van der Waals surface area contributed by atoms with Gasteiger partial charge in [-0.2, -0.15) is 0 Å². The SMILES string of the molecule is Cc1cccc(N2C(=O)C3=C(C(=O)C4CC(Cl)CCC4O3)C2c2ccc(Br)cc2)n1. The molecule has 0 N–H and O–H groups in total. The molecule has 1 amide bonds. The van der Waals surface area contributed by atoms with Crippen LogP contribution in [0.15, 0.2) is 58.3 Å². The summed E-state index contributed by atoms with van der Waals surface area (Å²) < 4.78 is 7.10. The molecule has 7 heteroatoms. The highest BCUT2D eigenvalue weighted by Crippen LogP contribution is 2.48. The molecule has 1 aromatic heterocycles. The average molecular weight is 488 g/mol. The van der Waals surface area contributed by atoms with Crippen LogP contribution in [-0.4, -0.2) is 28.2 Å². The molecule has 4 unspecified atom stereocenters. The molecule has 1 aliphatic carbocycles. The van der Waals surface area contributed by atoms with Gasteiger partial charge in [-0.25, -0.2) is 4.98 Å². The number of halogens is 2. The van der Waals surface area contributed by atoms with E-state index >= 15 is 0 Å². The van der Waals surface area contributed by atoms with Gasteiger partial charge in [-0.15, -0.1) is 11.6 Å². The number of aryl methyl sites for hydroxylation is 1. The van der Waals surface area contributed by atoms with Crippen LogP contribution in [0.5, 0.6) is 0 Å². The number of ether oxygens (including phenoxy) is 1. The minimum Gasteiger partial charge on any atom is -0.483 e. The third-order valence-corrected chi connectivity index (χ3v) is 7.01. The first kappa shape index (κ1) is 19.8. The first-order valence-corrected chi connectivity index (χ1v) is 11.3. The molecule has 2 aromatic rings. The fourth-order valence-electron chi connectivity index (χ4n) is 4.68. The van der Waals surface area contributed by atoms with Crippen LogP contribution in [0.1, 0.15) is 36.6 Å². The highest BCUT2D eigenvalue weighted by molar-refractivity contribution is 9.10. The van der Waals surface area contributed by atoms with Crippen molar-refractivity contribution in [3.63, 3.8) is 0 Å². The number of ketones is 1. The van der Waals surface area contributed by atoms with Crippen molar-refractivity contribution in [3.05, 3.63) is 69.5 Å². The van der Waals surface area contributed by atoms with E-state index in [-0.39, 0.29) is 34.8 Å². The van der Waals surface area contributed by atoms with Crippen LogP contribution in [0, 0.1) is 12.8 Å². The third-order valence-electron chi connectivity index (χ3n) is 6.09. The van der Waals surface area contributed by atoms with Gasteiger partial charge in [0.15, 0.2) is 11.5 Å². The predicted molar refractivity (Wildman–Crippen MR) is 117 cm³/mol. The summed E-state index contributed by atoms with van der Waals surface area (Å²) in [4.78, 5) is 33.3. The molecular formula is C23H20BrClN2O3. The van der Waals surface area contributed by atoms with Gasteiger partial charge >= 0.3 is 0 Å². The maximum absolute atomic E-state index is 13.6. The maximum atomic E-state index is 13.6. The molecule has 1 fully saturated rings. The molecule has 0 saturated heterocycles. The summed E-state index contributed by atoms with van der Waals surface area (Å²) in [5.74, 6) is 0.0393. The molecule has 30 heavy (non-hydrogen) atoms. The summed E-state index contributed by atoms with van der Waals surface area (Å²) in [6.07, 6.45) is 1.75. The Labute approximate surface area is 188 Å². The highest BCUT2D eigenvalue weighted by Gasteiger charge is 2.53. The molecule has 0 radical (unpaired) electrons. The van der Waals surface area contributed by atoms with Gasteiger partial charge < -0.3 is 4.74 Å². The van der Waals surface area contributed by atoms with Crippen molar-refractivity contribution in [3.8, 4) is 0 Å². The number of hydrogen-bond acceptors (Lipinski definition) is 4. The number of anilines is 1. The second-order valence-electron chi connectivity index (χ2n) is 8.05. The van der Waals surface area contributed by atoms with Crippen LogP contribution >= 0.6 is 27.5 Å². The minimum atomic E-state index is -0.570. The number of pyridine rings is 1. The molecular weight excluding hydrogens is 468 g/mol. The third kappa shape index (κ3) is 3.17. The van der Waals surface area contributed by atoms with Crippen LogP contribution in [0.3, 0.4) is 0 Å². The molecule has 3 heterocycles. The molecule has 5 rings (SSSR count). The van der Waals surface area contributed by atoms with E-state index in [0.717, 1.165) is 22.2 Å². The molecule has 154 valence electrons. The molecule has 0 bridgehead atoms. The van der Waals surface area contributed by atoms with E-state index in [1.54, 1.807) is 11.0 Å². The number of aromatic nitrogens is 1. The van der Waals surface area contributed by atoms with Crippen LogP contribution < -0.4 is 4.90 Å². The van der Waals surface area contributed by atoms with E-state index in [1.807, 2.05) is 43.3 Å². The number of fused-ring (bicyclic) bond motifs is 1. The number of alkyl halides is 1. The van der Waals surface area contributed by atoms with Crippen molar-refractivity contribution in [2.45, 2.75) is 43.7 Å². The number of hydrogen-bond donors (Lipinski definition) is 0. The van der Waals surface area contributed by atoms with Crippen molar-refractivity contribution in [2.75, 3.05) is 4.90 Å². The fourth-order valence-corrected chi connectivity index (χ4v) is 5.26. The minimum absolute atomic E-state index is 0.0250. The van der Waals surface area contributed by atoms with Gasteiger partial charge in [-0.05, 0) is 56.0 Å². The molecule has 1 saturated carbocycles. The van der Waals surface area contributed by atoms with E-state index in [0.29, 0.717) is 24.2 Å². The van der Waals surface area contributed by atoms with Crippen molar-refractivity contribution < 1.29 is 14.3 Å². The number of benzene rings is 1. The lowest BCUT2D eigenvalue weighted by molar-refractivity contribution is -0.131. The topological polar surface area (TPSA) is 59.5 Å². The van der Waals surface area contributed by atoms with Gasteiger partial charge in [0, 0.05) is 15.5 Å². The fraction of sp³-hybridized carbons (Fsp3) is 0.348. The number of amides is 1. The smallest absolute Gasteiger partial charge is 0.295 e. The number of carbonyl (C=O) groups excluding carboxylic acids is 2. The normalized spacial score (nSPS) is 28.3. The Balaban J connectivity index is 1.65. The quantitative estimate of drug-likeness (QED) is 0.567. The second-order valence-corrected chi connectivity index (χ2v) is 9.58. The Morgan fingerprint density at radius 1 is 1.13 bits per heavy atom. The molecule has 1 aromatic carbocycles. The average Bonchev–Trinajstić information content (AvgIpc) is 3.02. The number of rotatable bonds is 2. The van der Waals surface area contributed by atoms with Crippen molar-refractivity contribution in [2.24, 2.45) is 5.92 Å². The number of Topliss-reactive ketones (excluding diaryl/α,β-unsaturated/α-hetero) is 1. The Kier molecular flexibility index (Phi) is 4.94. The van der Waals surface area contributed by atoms with E-state index in [4.69, 9.17) is 16.3 Å². The van der Waals surface area contributed by atoms with Gasteiger partial charge in [0.25, 0.3) is 5.91 Å². The molecule has 5 nitrogen and oxygen atoms in total. The van der Waals surface area contributed by atoms with Gasteiger partial charge in [0.1, 0.15) is 11.9 Å². The lowest BCUT2D eigenvalue weighted by atomic mass is 9.77. The van der Waals surface area contributed by atoms with Crippen LogP contribution in [-0.2, 0) is 14.3 Å². The van der Waals surface area contributed by atoms with E-state index in [1.165, 1.54) is 0 Å². The highest BCUT2D eigenvalue weighted by atomic mass is 79.9. The largest absolute Gasteiger partial charge is 0.483 e. The zero-order valence-corrected chi connectivity index (χ0v) is 18.7. The van der Waals surface area contributed by atoms with Crippen LogP contribution in [0.4, 0.5) is 5.82 Å². The number of carbonyl (C=O) groups is 2. The van der Waals surface area contributed by atoms with Crippen molar-refractivity contribution in [1.82, 2.24) is 4.98 Å².